The molecule has 2 nitrogen and oxygen atoms in total. The third-order valence-corrected chi connectivity index (χ3v) is 2.41. The largest absolute Gasteiger partial charge is 0.392 e. The molecule has 0 aromatic carbocycles. The maximum absolute atomic E-state index is 9.18. The Kier molecular flexibility index (Phi) is 2.90. The third kappa shape index (κ3) is 2.46. The van der Waals surface area contributed by atoms with Crippen LogP contribution in [0.2, 0.25) is 0 Å². The van der Waals surface area contributed by atoms with Crippen molar-refractivity contribution in [3.63, 3.8) is 0 Å². The Morgan fingerprint density at radius 1 is 1.55 bits per heavy atom. The van der Waals surface area contributed by atoms with Crippen LogP contribution in [0.3, 0.4) is 0 Å². The third-order valence-electron chi connectivity index (χ3n) is 2.41. The highest BCUT2D eigenvalue weighted by molar-refractivity contribution is 4.80. The SMILES string of the molecule is CC1CC(C)N(C[C@@H](C)O)C1. The molecule has 11 heavy (non-hydrogen) atoms. The molecule has 0 saturated carbocycles. The molecular formula is C9H19NO. The summed E-state index contributed by atoms with van der Waals surface area (Å²) in [4.78, 5) is 2.37. The van der Waals surface area contributed by atoms with Gasteiger partial charge in [-0.05, 0) is 26.2 Å². The number of hydrogen-bond acceptors (Lipinski definition) is 2. The summed E-state index contributed by atoms with van der Waals surface area (Å²) < 4.78 is 0. The summed E-state index contributed by atoms with van der Waals surface area (Å²) in [6, 6.07) is 0.666. The van der Waals surface area contributed by atoms with E-state index in [1.54, 1.807) is 0 Å². The molecular weight excluding hydrogens is 138 g/mol. The van der Waals surface area contributed by atoms with Crippen LogP contribution < -0.4 is 0 Å². The molecule has 3 atom stereocenters. The number of rotatable bonds is 2. The summed E-state index contributed by atoms with van der Waals surface area (Å²) >= 11 is 0. The number of hydrogen-bond donors (Lipinski definition) is 1. The van der Waals surface area contributed by atoms with Crippen LogP contribution in [0.5, 0.6) is 0 Å². The van der Waals surface area contributed by atoms with Crippen LogP contribution in [0.15, 0.2) is 0 Å². The zero-order valence-electron chi connectivity index (χ0n) is 7.75. The summed E-state index contributed by atoms with van der Waals surface area (Å²) in [5, 5.41) is 9.18. The minimum Gasteiger partial charge on any atom is -0.392 e. The zero-order valence-corrected chi connectivity index (χ0v) is 7.75. The minimum atomic E-state index is -0.178. The van der Waals surface area contributed by atoms with Gasteiger partial charge in [0.1, 0.15) is 0 Å². The van der Waals surface area contributed by atoms with E-state index in [1.807, 2.05) is 6.92 Å². The summed E-state index contributed by atoms with van der Waals surface area (Å²) in [5.74, 6) is 0.809. The number of nitrogens with zero attached hydrogens (tertiary/aromatic N) is 1. The van der Waals surface area contributed by atoms with E-state index in [-0.39, 0.29) is 6.10 Å². The second-order valence-electron chi connectivity index (χ2n) is 3.99. The van der Waals surface area contributed by atoms with Crippen LogP contribution in [0, 0.1) is 5.92 Å². The van der Waals surface area contributed by atoms with Crippen LogP contribution in [0.4, 0.5) is 0 Å². The standard InChI is InChI=1S/C9H19NO/c1-7-4-8(2)10(5-7)6-9(3)11/h7-9,11H,4-6H2,1-3H3/t7?,8?,9-/m1/s1. The molecule has 1 rings (SSSR count). The van der Waals surface area contributed by atoms with Crippen molar-refractivity contribution in [1.82, 2.24) is 4.90 Å². The fourth-order valence-electron chi connectivity index (χ4n) is 1.98. The first-order valence-corrected chi connectivity index (χ1v) is 4.51. The molecule has 0 amide bonds. The second-order valence-corrected chi connectivity index (χ2v) is 3.99. The van der Waals surface area contributed by atoms with Crippen molar-refractivity contribution in [3.05, 3.63) is 0 Å². The summed E-state index contributed by atoms with van der Waals surface area (Å²) in [6.45, 7) is 8.37. The van der Waals surface area contributed by atoms with Crippen LogP contribution in [-0.4, -0.2) is 35.2 Å². The number of β-amino-alcohol motifs (C(OH)–C–C–N with tert-alkyl or cyclic N) is 1. The number of aliphatic hydroxyl groups is 1. The Morgan fingerprint density at radius 2 is 2.18 bits per heavy atom. The van der Waals surface area contributed by atoms with Gasteiger partial charge in [0.25, 0.3) is 0 Å². The minimum absolute atomic E-state index is 0.178. The Bertz CT molecular complexity index is 125. The first kappa shape index (κ1) is 9.01. The lowest BCUT2D eigenvalue weighted by molar-refractivity contribution is 0.122. The van der Waals surface area contributed by atoms with Crippen molar-refractivity contribution in [2.24, 2.45) is 5.92 Å². The molecule has 0 bridgehead atoms. The first-order chi connectivity index (χ1) is 5.09. The van der Waals surface area contributed by atoms with Gasteiger partial charge in [0.2, 0.25) is 0 Å². The van der Waals surface area contributed by atoms with Gasteiger partial charge in [0.05, 0.1) is 6.10 Å². The van der Waals surface area contributed by atoms with Gasteiger partial charge in [-0.15, -0.1) is 0 Å². The Labute approximate surface area is 69.2 Å². The highest BCUT2D eigenvalue weighted by atomic mass is 16.3. The monoisotopic (exact) mass is 157 g/mol. The van der Waals surface area contributed by atoms with Crippen LogP contribution in [-0.2, 0) is 0 Å². The molecule has 1 N–H and O–H groups in total. The highest BCUT2D eigenvalue weighted by Gasteiger charge is 2.26. The molecule has 66 valence electrons. The average Bonchev–Trinajstić information content (AvgIpc) is 2.09. The van der Waals surface area contributed by atoms with Crippen molar-refractivity contribution in [2.45, 2.75) is 39.3 Å². The fourth-order valence-corrected chi connectivity index (χ4v) is 1.98. The van der Waals surface area contributed by atoms with E-state index in [1.165, 1.54) is 6.42 Å². The average molecular weight is 157 g/mol. The van der Waals surface area contributed by atoms with Crippen LogP contribution in [0.1, 0.15) is 27.2 Å². The molecule has 1 saturated heterocycles. The topological polar surface area (TPSA) is 23.5 Å². The smallest absolute Gasteiger partial charge is 0.0639 e. The molecule has 2 heteroatoms. The Balaban J connectivity index is 2.34. The van der Waals surface area contributed by atoms with E-state index in [0.717, 1.165) is 19.0 Å². The molecule has 0 aromatic rings. The summed E-state index contributed by atoms with van der Waals surface area (Å²) in [6.07, 6.45) is 1.11. The van der Waals surface area contributed by atoms with E-state index in [9.17, 15) is 5.11 Å². The number of likely N-dealkylation sites (tertiary alicyclic amines) is 1. The van der Waals surface area contributed by atoms with Crippen molar-refractivity contribution in [1.29, 1.82) is 0 Å². The van der Waals surface area contributed by atoms with Crippen molar-refractivity contribution in [2.75, 3.05) is 13.1 Å². The van der Waals surface area contributed by atoms with Crippen molar-refractivity contribution >= 4 is 0 Å². The van der Waals surface area contributed by atoms with Gasteiger partial charge in [-0.3, -0.25) is 4.90 Å². The van der Waals surface area contributed by atoms with E-state index in [4.69, 9.17) is 0 Å². The van der Waals surface area contributed by atoms with Crippen molar-refractivity contribution < 1.29 is 5.11 Å². The predicted molar refractivity (Wildman–Crippen MR) is 46.5 cm³/mol. The maximum atomic E-state index is 9.18. The van der Waals surface area contributed by atoms with Gasteiger partial charge in [0.15, 0.2) is 0 Å². The number of aliphatic hydroxyl groups excluding tert-OH is 1. The lowest BCUT2D eigenvalue weighted by Crippen LogP contribution is -2.33. The van der Waals surface area contributed by atoms with E-state index < -0.39 is 0 Å². The highest BCUT2D eigenvalue weighted by Crippen LogP contribution is 2.21. The molecule has 0 aliphatic carbocycles. The molecule has 0 aromatic heterocycles. The molecule has 2 unspecified atom stereocenters. The molecule has 0 radical (unpaired) electrons. The molecule has 1 aliphatic heterocycles. The van der Waals surface area contributed by atoms with Gasteiger partial charge < -0.3 is 5.11 Å². The predicted octanol–water partition coefficient (Wildman–Crippen LogP) is 1.10. The second kappa shape index (κ2) is 3.55. The Hall–Kier alpha value is -0.0800. The lowest BCUT2D eigenvalue weighted by Gasteiger charge is -2.22. The van der Waals surface area contributed by atoms with Crippen LogP contribution in [0.25, 0.3) is 0 Å². The van der Waals surface area contributed by atoms with Gasteiger partial charge in [-0.25, -0.2) is 0 Å². The fraction of sp³-hybridized carbons (Fsp3) is 1.00. The normalized spacial score (nSPS) is 36.0. The van der Waals surface area contributed by atoms with Crippen LogP contribution >= 0.6 is 0 Å². The van der Waals surface area contributed by atoms with Gasteiger partial charge in [-0.2, -0.15) is 0 Å². The molecule has 1 heterocycles. The van der Waals surface area contributed by atoms with Crippen molar-refractivity contribution in [3.8, 4) is 0 Å². The van der Waals surface area contributed by atoms with Gasteiger partial charge in [-0.1, -0.05) is 6.92 Å². The summed E-state index contributed by atoms with van der Waals surface area (Å²) in [5.41, 5.74) is 0. The van der Waals surface area contributed by atoms with Gasteiger partial charge in [0, 0.05) is 19.1 Å². The maximum Gasteiger partial charge on any atom is 0.0639 e. The lowest BCUT2D eigenvalue weighted by atomic mass is 10.1. The molecule has 1 fully saturated rings. The first-order valence-electron chi connectivity index (χ1n) is 4.51. The Morgan fingerprint density at radius 3 is 2.55 bits per heavy atom. The summed E-state index contributed by atoms with van der Waals surface area (Å²) in [7, 11) is 0. The quantitative estimate of drug-likeness (QED) is 0.649. The zero-order chi connectivity index (χ0) is 8.43. The molecule has 0 spiro atoms. The van der Waals surface area contributed by atoms with E-state index in [2.05, 4.69) is 18.7 Å². The van der Waals surface area contributed by atoms with Gasteiger partial charge >= 0.3 is 0 Å². The van der Waals surface area contributed by atoms with E-state index in [0.29, 0.717) is 6.04 Å². The molecule has 1 aliphatic rings. The van der Waals surface area contributed by atoms with E-state index >= 15 is 0 Å².